The average Bonchev–Trinajstić information content (AvgIpc) is 3.26. The van der Waals surface area contributed by atoms with Crippen molar-refractivity contribution in [3.63, 3.8) is 0 Å². The summed E-state index contributed by atoms with van der Waals surface area (Å²) in [7, 11) is 0. The van der Waals surface area contributed by atoms with Crippen LogP contribution in [0, 0.1) is 0 Å². The number of benzene rings is 2. The normalized spacial score (nSPS) is 13.7. The van der Waals surface area contributed by atoms with Crippen LogP contribution in [0.2, 0.25) is 0 Å². The Morgan fingerprint density at radius 3 is 2.57 bits per heavy atom. The summed E-state index contributed by atoms with van der Waals surface area (Å²) in [4.78, 5) is 32.8. The predicted octanol–water partition coefficient (Wildman–Crippen LogP) is 5.59. The maximum absolute atomic E-state index is 13.7. The van der Waals surface area contributed by atoms with Crippen molar-refractivity contribution >= 4 is 45.4 Å². The number of carbonyl (C=O) groups excluding carboxylic acids is 1. The van der Waals surface area contributed by atoms with E-state index in [0.717, 1.165) is 55.1 Å². The number of halogens is 3. The number of amides is 1. The van der Waals surface area contributed by atoms with E-state index in [9.17, 15) is 22.8 Å². The third kappa shape index (κ3) is 5.47. The molecule has 1 aliphatic rings. The van der Waals surface area contributed by atoms with Crippen LogP contribution in [0.4, 0.5) is 13.2 Å². The molecule has 4 aromatic rings. The van der Waals surface area contributed by atoms with Crippen LogP contribution < -0.4 is 11.0 Å². The topological polar surface area (TPSA) is 76.3 Å². The van der Waals surface area contributed by atoms with Crippen molar-refractivity contribution in [2.24, 2.45) is 5.10 Å². The Morgan fingerprint density at radius 2 is 1.84 bits per heavy atom. The van der Waals surface area contributed by atoms with Crippen molar-refractivity contribution in [2.75, 3.05) is 5.75 Å². The number of nitrogens with one attached hydrogen (secondary N) is 1. The zero-order chi connectivity index (χ0) is 26.0. The molecule has 1 aliphatic carbocycles. The number of nitrogens with zero attached hydrogens (tertiary/aromatic N) is 3. The summed E-state index contributed by atoms with van der Waals surface area (Å²) >= 11 is 2.67. The van der Waals surface area contributed by atoms with E-state index < -0.39 is 17.6 Å². The molecular formula is C26H21F3N4O2S2. The lowest BCUT2D eigenvalue weighted by atomic mass is 9.97. The molecule has 2 aromatic carbocycles. The second-order valence-electron chi connectivity index (χ2n) is 8.46. The molecule has 1 N–H and O–H groups in total. The standard InChI is InChI=1S/C26H21F3N4O2S2/c27-26(28,29)17-12-10-16(11-13-17)14-30-32-21(34)15-36-25-31-23-22(19-8-4-5-9-20(19)37-23)24(35)33(25)18-6-2-1-3-7-18/h1-3,6-7,10-14H,4-5,8-9,15H2,(H,32,34)/b30-14+. The van der Waals surface area contributed by atoms with Gasteiger partial charge in [0, 0.05) is 4.88 Å². The minimum atomic E-state index is -4.42. The monoisotopic (exact) mass is 542 g/mol. The molecule has 5 rings (SSSR count). The molecule has 0 saturated heterocycles. The number of carbonyl (C=O) groups is 1. The first-order valence-corrected chi connectivity index (χ1v) is 13.4. The van der Waals surface area contributed by atoms with Crippen LogP contribution in [0.1, 0.15) is 34.4 Å². The Hall–Kier alpha value is -3.44. The second-order valence-corrected chi connectivity index (χ2v) is 10.5. The van der Waals surface area contributed by atoms with Gasteiger partial charge in [0.2, 0.25) is 0 Å². The van der Waals surface area contributed by atoms with E-state index in [4.69, 9.17) is 4.98 Å². The summed E-state index contributed by atoms with van der Waals surface area (Å²) in [6.07, 6.45) is 0.814. The summed E-state index contributed by atoms with van der Waals surface area (Å²) in [5.41, 5.74) is 3.65. The quantitative estimate of drug-likeness (QED) is 0.149. The number of rotatable bonds is 6. The minimum Gasteiger partial charge on any atom is -0.272 e. The van der Waals surface area contributed by atoms with Crippen LogP contribution in [0.25, 0.3) is 15.9 Å². The third-order valence-electron chi connectivity index (χ3n) is 5.95. The fourth-order valence-corrected chi connectivity index (χ4v) is 6.29. The largest absolute Gasteiger partial charge is 0.416 e. The van der Waals surface area contributed by atoms with Crippen molar-refractivity contribution in [3.05, 3.63) is 86.5 Å². The van der Waals surface area contributed by atoms with Crippen molar-refractivity contribution in [1.82, 2.24) is 15.0 Å². The van der Waals surface area contributed by atoms with E-state index in [1.165, 1.54) is 23.2 Å². The molecule has 0 fully saturated rings. The van der Waals surface area contributed by atoms with Gasteiger partial charge in [0.15, 0.2) is 5.16 Å². The van der Waals surface area contributed by atoms with Crippen molar-refractivity contribution in [2.45, 2.75) is 37.0 Å². The van der Waals surface area contributed by atoms with Gasteiger partial charge >= 0.3 is 6.18 Å². The first-order valence-electron chi connectivity index (χ1n) is 11.6. The van der Waals surface area contributed by atoms with Gasteiger partial charge in [0.1, 0.15) is 4.83 Å². The molecule has 0 aliphatic heterocycles. The number of aryl methyl sites for hydroxylation is 2. The van der Waals surface area contributed by atoms with Gasteiger partial charge in [-0.25, -0.2) is 10.4 Å². The lowest BCUT2D eigenvalue weighted by Crippen LogP contribution is -2.24. The fourth-order valence-electron chi connectivity index (χ4n) is 4.19. The number of alkyl halides is 3. The average molecular weight is 543 g/mol. The van der Waals surface area contributed by atoms with Crippen LogP contribution in [0.15, 0.2) is 69.6 Å². The van der Waals surface area contributed by atoms with E-state index in [-0.39, 0.29) is 11.3 Å². The first-order chi connectivity index (χ1) is 17.8. The molecule has 190 valence electrons. The lowest BCUT2D eigenvalue weighted by Gasteiger charge is -2.13. The van der Waals surface area contributed by atoms with E-state index in [1.54, 1.807) is 15.9 Å². The zero-order valence-corrected chi connectivity index (χ0v) is 21.1. The number of fused-ring (bicyclic) bond motifs is 3. The van der Waals surface area contributed by atoms with E-state index in [0.29, 0.717) is 26.6 Å². The molecule has 2 heterocycles. The Morgan fingerprint density at radius 1 is 1.11 bits per heavy atom. The van der Waals surface area contributed by atoms with Gasteiger partial charge in [-0.15, -0.1) is 11.3 Å². The zero-order valence-electron chi connectivity index (χ0n) is 19.4. The van der Waals surface area contributed by atoms with Crippen molar-refractivity contribution < 1.29 is 18.0 Å². The SMILES string of the molecule is O=C(CSc1nc2sc3c(c2c(=O)n1-c1ccccc1)CCCC3)N/N=C/c1ccc(C(F)(F)F)cc1. The smallest absolute Gasteiger partial charge is 0.272 e. The van der Waals surface area contributed by atoms with Gasteiger partial charge in [-0.2, -0.15) is 18.3 Å². The van der Waals surface area contributed by atoms with Gasteiger partial charge < -0.3 is 0 Å². The highest BCUT2D eigenvalue weighted by Gasteiger charge is 2.29. The minimum absolute atomic E-state index is 0.0553. The molecule has 2 aromatic heterocycles. The number of hydrogen-bond acceptors (Lipinski definition) is 6. The van der Waals surface area contributed by atoms with Crippen LogP contribution in [-0.2, 0) is 23.8 Å². The van der Waals surface area contributed by atoms with Crippen LogP contribution in [0.3, 0.4) is 0 Å². The van der Waals surface area contributed by atoms with E-state index in [1.807, 2.05) is 30.3 Å². The predicted molar refractivity (Wildman–Crippen MR) is 140 cm³/mol. The fraction of sp³-hybridized carbons (Fsp3) is 0.231. The number of hydrazone groups is 1. The Labute approximate surface area is 218 Å². The number of hydrogen-bond donors (Lipinski definition) is 1. The highest BCUT2D eigenvalue weighted by atomic mass is 32.2. The van der Waals surface area contributed by atoms with Crippen LogP contribution in [0.5, 0.6) is 0 Å². The molecule has 6 nitrogen and oxygen atoms in total. The summed E-state index contributed by atoms with van der Waals surface area (Å²) in [5.74, 6) is -0.493. The molecule has 37 heavy (non-hydrogen) atoms. The van der Waals surface area contributed by atoms with E-state index in [2.05, 4.69) is 10.5 Å². The summed E-state index contributed by atoms with van der Waals surface area (Å²) in [5, 5.41) is 4.90. The Balaban J connectivity index is 1.35. The number of para-hydroxylation sites is 1. The Kier molecular flexibility index (Phi) is 7.16. The van der Waals surface area contributed by atoms with Crippen molar-refractivity contribution in [3.8, 4) is 5.69 Å². The molecule has 0 unspecified atom stereocenters. The summed E-state index contributed by atoms with van der Waals surface area (Å²) in [6.45, 7) is 0. The highest BCUT2D eigenvalue weighted by molar-refractivity contribution is 7.99. The molecule has 0 radical (unpaired) electrons. The molecule has 11 heteroatoms. The second kappa shape index (κ2) is 10.5. The van der Waals surface area contributed by atoms with Gasteiger partial charge in [-0.3, -0.25) is 14.2 Å². The Bertz CT molecular complexity index is 1530. The molecule has 0 saturated carbocycles. The summed E-state index contributed by atoms with van der Waals surface area (Å²) < 4.78 is 39.6. The third-order valence-corrected chi connectivity index (χ3v) is 8.07. The molecule has 1 amide bonds. The summed E-state index contributed by atoms with van der Waals surface area (Å²) in [6, 6.07) is 13.6. The van der Waals surface area contributed by atoms with Gasteiger partial charge in [-0.05, 0) is 61.1 Å². The van der Waals surface area contributed by atoms with Gasteiger partial charge in [-0.1, -0.05) is 42.1 Å². The lowest BCUT2D eigenvalue weighted by molar-refractivity contribution is -0.137. The van der Waals surface area contributed by atoms with E-state index >= 15 is 0 Å². The first kappa shape index (κ1) is 25.2. The number of thioether (sulfide) groups is 1. The number of thiophene rings is 1. The van der Waals surface area contributed by atoms with Crippen molar-refractivity contribution in [1.29, 1.82) is 0 Å². The molecular weight excluding hydrogens is 521 g/mol. The number of aromatic nitrogens is 2. The van der Waals surface area contributed by atoms with Crippen LogP contribution in [-0.4, -0.2) is 27.4 Å². The molecule has 0 bridgehead atoms. The molecule has 0 atom stereocenters. The highest BCUT2D eigenvalue weighted by Crippen LogP contribution is 2.35. The maximum atomic E-state index is 13.7. The van der Waals surface area contributed by atoms with Crippen LogP contribution >= 0.6 is 23.1 Å². The maximum Gasteiger partial charge on any atom is 0.416 e. The van der Waals surface area contributed by atoms with Gasteiger partial charge in [0.05, 0.1) is 28.6 Å². The molecule has 0 spiro atoms. The van der Waals surface area contributed by atoms with Gasteiger partial charge in [0.25, 0.3) is 11.5 Å².